The van der Waals surface area contributed by atoms with Crippen LogP contribution in [0, 0.1) is 0 Å². The fraction of sp³-hybridized carbons (Fsp3) is 0.842. The van der Waals surface area contributed by atoms with Gasteiger partial charge in [-0.25, -0.2) is 0 Å². The van der Waals surface area contributed by atoms with Crippen molar-refractivity contribution in [2.24, 2.45) is 0 Å². The summed E-state index contributed by atoms with van der Waals surface area (Å²) in [7, 11) is -1.97. The number of aryl methyl sites for hydroxylation is 1. The summed E-state index contributed by atoms with van der Waals surface area (Å²) in [6.45, 7) is 9.64. The number of carbonyl (C=O) groups is 1. The Hall–Kier alpha value is -2.04. The Morgan fingerprint density at radius 2 is 1.82 bits per heavy atom. The van der Waals surface area contributed by atoms with E-state index in [0.29, 0.717) is 18.3 Å². The molecule has 0 spiro atoms. The van der Waals surface area contributed by atoms with Gasteiger partial charge in [0.2, 0.25) is 5.89 Å². The number of carbonyl (C=O) groups excluding carboxylic acids is 1. The molecule has 1 aromatic rings. The van der Waals surface area contributed by atoms with Gasteiger partial charge in [0.25, 0.3) is 0 Å². The van der Waals surface area contributed by atoms with Crippen LogP contribution in [0.25, 0.3) is 0 Å². The minimum absolute atomic E-state index is 0. The molecule has 7 nitrogen and oxygen atoms in total. The third kappa shape index (κ3) is 10.3. The second kappa shape index (κ2) is 13.2. The number of esters is 1. The Balaban J connectivity index is 0.00000729. The zero-order chi connectivity index (χ0) is 20.3. The van der Waals surface area contributed by atoms with Crippen molar-refractivity contribution in [1.29, 1.82) is 0 Å². The fourth-order valence-corrected chi connectivity index (χ4v) is 3.54. The number of nitrogens with zero attached hydrogens (tertiary/aromatic N) is 2. The average Bonchev–Trinajstić information content (AvgIpc) is 3.02. The molecular formula is C19H35EsN2O5P. The second-order valence-corrected chi connectivity index (χ2v) is 9.08. The van der Waals surface area contributed by atoms with Crippen molar-refractivity contribution in [3.05, 3.63) is 11.7 Å². The molecule has 1 radical (unpaired) electrons. The van der Waals surface area contributed by atoms with E-state index >= 15 is 0 Å². The molecule has 1 aromatic heterocycles. The van der Waals surface area contributed by atoms with E-state index in [-0.39, 0.29) is 6.42 Å². The third-order valence-electron chi connectivity index (χ3n) is 3.84. The number of ether oxygens (including phenoxy) is 1. The van der Waals surface area contributed by atoms with Crippen LogP contribution in [0.4, 0.5) is 0 Å². The van der Waals surface area contributed by atoms with Crippen molar-refractivity contribution in [2.75, 3.05) is 6.61 Å². The van der Waals surface area contributed by atoms with Crippen molar-refractivity contribution in [1.82, 2.24) is 10.1 Å². The van der Waals surface area contributed by atoms with Gasteiger partial charge in [0, 0.05) is 12.8 Å². The summed E-state index contributed by atoms with van der Waals surface area (Å²) in [6, 6.07) is 0. The quantitative estimate of drug-likeness (QED) is 0.189. The molecule has 28 heavy (non-hydrogen) atoms. The van der Waals surface area contributed by atoms with Gasteiger partial charge in [-0.1, -0.05) is 44.2 Å². The van der Waals surface area contributed by atoms with Crippen molar-refractivity contribution in [3.8, 4) is 0 Å². The summed E-state index contributed by atoms with van der Waals surface area (Å²) >= 11 is 0. The summed E-state index contributed by atoms with van der Waals surface area (Å²) in [6.07, 6.45) is 8.04. The topological polar surface area (TPSA) is 94.7 Å². The Bertz CT molecular complexity index is 551. The van der Waals surface area contributed by atoms with Crippen LogP contribution in [-0.4, -0.2) is 38.9 Å². The summed E-state index contributed by atoms with van der Waals surface area (Å²) in [4.78, 5) is 27.1. The van der Waals surface area contributed by atoms with E-state index in [9.17, 15) is 9.69 Å². The summed E-state index contributed by atoms with van der Waals surface area (Å²) < 4.78 is 15.9. The smallest absolute Gasteiger partial charge is 0.319 e. The van der Waals surface area contributed by atoms with Crippen molar-refractivity contribution >= 4 is 14.3 Å². The first-order valence-corrected chi connectivity index (χ1v) is 11.2. The molecule has 2 unspecified atom stereocenters. The van der Waals surface area contributed by atoms with E-state index in [1.165, 1.54) is 25.7 Å². The predicted octanol–water partition coefficient (Wildman–Crippen LogP) is 4.57. The molecule has 9 heteroatoms. The standard InChI is InChI=1S/C19H35N2O5P.Es/c1-6-8-9-10-11-12-13-16-20-17(26-21-16)14-15(27(23)24-7-2)18(22)25-19(3,4)5;/h15,23H,6-14H2,1-5H3;. The van der Waals surface area contributed by atoms with Gasteiger partial charge in [0.15, 0.2) is 14.2 Å². The summed E-state index contributed by atoms with van der Waals surface area (Å²) in [5, 5.41) is 3.99. The molecule has 0 fully saturated rings. The van der Waals surface area contributed by atoms with Crippen molar-refractivity contribution in [3.63, 3.8) is 0 Å². The van der Waals surface area contributed by atoms with Gasteiger partial charge in [0.1, 0.15) is 11.3 Å². The largest absolute Gasteiger partial charge is 0.459 e. The van der Waals surface area contributed by atoms with E-state index in [0.717, 1.165) is 19.3 Å². The van der Waals surface area contributed by atoms with Gasteiger partial charge in [-0.2, -0.15) is 4.98 Å². The molecule has 0 aliphatic rings. The monoisotopic (exact) mass is 654 g/mol. The molecule has 1 heterocycles. The second-order valence-electron chi connectivity index (χ2n) is 7.60. The first-order chi connectivity index (χ1) is 12.8. The van der Waals surface area contributed by atoms with E-state index < -0.39 is 25.6 Å². The average molecular weight is 654 g/mol. The van der Waals surface area contributed by atoms with Gasteiger partial charge >= 0.3 is 5.97 Å². The Labute approximate surface area is 164 Å². The van der Waals surface area contributed by atoms with E-state index in [1.807, 2.05) is 0 Å². The van der Waals surface area contributed by atoms with Crippen molar-refractivity contribution < 1.29 is 23.5 Å². The number of unbranched alkanes of at least 4 members (excludes halogenated alkanes) is 5. The molecule has 0 aromatic carbocycles. The van der Waals surface area contributed by atoms with Gasteiger partial charge in [-0.3, -0.25) is 4.79 Å². The van der Waals surface area contributed by atoms with E-state index in [2.05, 4.69) is 17.1 Å². The number of rotatable bonds is 13. The zero-order valence-corrected chi connectivity index (χ0v) is 21.1. The Morgan fingerprint density at radius 3 is 2.43 bits per heavy atom. The normalized spacial score (nSPS) is 13.6. The number of hydrogen-bond acceptors (Lipinski definition) is 7. The maximum atomic E-state index is 12.4. The van der Waals surface area contributed by atoms with Crippen LogP contribution in [0.1, 0.15) is 84.9 Å². The van der Waals surface area contributed by atoms with E-state index in [4.69, 9.17) is 13.8 Å². The maximum absolute atomic E-state index is 12.4. The SMILES string of the molecule is CCCCCCCCc1noc(CC(C(=O)OC(C)(C)C)P(O)OCC)n1.[Es]. The minimum atomic E-state index is -1.97. The van der Waals surface area contributed by atoms with E-state index in [1.54, 1.807) is 27.7 Å². The molecule has 0 bridgehead atoms. The maximum Gasteiger partial charge on any atom is 0.319 e. The summed E-state index contributed by atoms with van der Waals surface area (Å²) in [5.41, 5.74) is -1.49. The van der Waals surface area contributed by atoms with Gasteiger partial charge in [0.05, 0.1) is 6.61 Å². The van der Waals surface area contributed by atoms with Crippen LogP contribution in [0.3, 0.4) is 0 Å². The third-order valence-corrected chi connectivity index (χ3v) is 5.29. The van der Waals surface area contributed by atoms with Crippen LogP contribution in [-0.2, 0) is 26.9 Å². The number of hydrogen-bond donors (Lipinski definition) is 1. The van der Waals surface area contributed by atoms with Crippen LogP contribution in [0.15, 0.2) is 4.52 Å². The summed E-state index contributed by atoms with van der Waals surface area (Å²) in [5.74, 6) is 0.454. The molecular weight excluding hydrogens is 619 g/mol. The van der Waals surface area contributed by atoms with Crippen molar-refractivity contribution in [2.45, 2.75) is 97.2 Å². The van der Waals surface area contributed by atoms with Crippen LogP contribution in [0.5, 0.6) is 0 Å². The first kappa shape index (κ1) is 26.0. The number of aromatic nitrogens is 2. The molecule has 2 atom stereocenters. The Morgan fingerprint density at radius 1 is 1.18 bits per heavy atom. The molecule has 1 rings (SSSR count). The molecule has 0 saturated heterocycles. The van der Waals surface area contributed by atoms with Gasteiger partial charge in [-0.05, 0) is 34.1 Å². The molecule has 0 aliphatic heterocycles. The zero-order valence-electron chi connectivity index (χ0n) is 17.7. The minimum Gasteiger partial charge on any atom is -0.459 e. The predicted molar refractivity (Wildman–Crippen MR) is 105 cm³/mol. The molecule has 1 N–H and O–H groups in total. The Kier molecular flexibility index (Phi) is 12.2. The molecule has 167 valence electrons. The van der Waals surface area contributed by atoms with Crippen LogP contribution < -0.4 is 0 Å². The van der Waals surface area contributed by atoms with Crippen LogP contribution in [0.2, 0.25) is 0 Å². The van der Waals surface area contributed by atoms with Gasteiger partial charge < -0.3 is 18.7 Å². The molecule has 0 saturated carbocycles. The fourth-order valence-electron chi connectivity index (χ4n) is 2.55. The molecule has 0 amide bonds. The molecule has 0 aliphatic carbocycles. The van der Waals surface area contributed by atoms with Crippen LogP contribution >= 0.6 is 8.38 Å². The first-order valence-electron chi connectivity index (χ1n) is 9.92. The van der Waals surface area contributed by atoms with Gasteiger partial charge in [-0.15, -0.1) is 0 Å².